The first-order valence-electron chi connectivity index (χ1n) is 5.11. The molecule has 0 aliphatic carbocycles. The number of rotatable bonds is 5. The van der Waals surface area contributed by atoms with Crippen LogP contribution in [0, 0.1) is 0 Å². The molecule has 0 radical (unpaired) electrons. The SMILES string of the molecule is NC(=O)C[C@H](NC(=O)c1cc(O)ccc1Cl)C(=O)O. The molecule has 0 aromatic heterocycles. The van der Waals surface area contributed by atoms with E-state index in [2.05, 4.69) is 5.32 Å². The summed E-state index contributed by atoms with van der Waals surface area (Å²) in [4.78, 5) is 33.3. The van der Waals surface area contributed by atoms with Crippen LogP contribution < -0.4 is 11.1 Å². The van der Waals surface area contributed by atoms with Gasteiger partial charge in [-0.1, -0.05) is 11.6 Å². The highest BCUT2D eigenvalue weighted by Gasteiger charge is 2.23. The molecule has 7 nitrogen and oxygen atoms in total. The number of nitrogens with one attached hydrogen (secondary N) is 1. The second kappa shape index (κ2) is 6.05. The highest BCUT2D eigenvalue weighted by molar-refractivity contribution is 6.34. The summed E-state index contributed by atoms with van der Waals surface area (Å²) in [7, 11) is 0. The van der Waals surface area contributed by atoms with Crippen LogP contribution in [0.4, 0.5) is 0 Å². The summed E-state index contributed by atoms with van der Waals surface area (Å²) in [6, 6.07) is 2.19. The number of halogens is 1. The predicted molar refractivity (Wildman–Crippen MR) is 65.8 cm³/mol. The maximum Gasteiger partial charge on any atom is 0.326 e. The highest BCUT2D eigenvalue weighted by atomic mass is 35.5. The summed E-state index contributed by atoms with van der Waals surface area (Å²) in [6.07, 6.45) is -0.544. The molecule has 102 valence electrons. The van der Waals surface area contributed by atoms with Gasteiger partial charge < -0.3 is 21.3 Å². The molecule has 0 saturated heterocycles. The van der Waals surface area contributed by atoms with Crippen molar-refractivity contribution in [1.29, 1.82) is 0 Å². The van der Waals surface area contributed by atoms with Gasteiger partial charge in [0.2, 0.25) is 5.91 Å². The minimum atomic E-state index is -1.46. The van der Waals surface area contributed by atoms with Crippen LogP contribution in [-0.2, 0) is 9.59 Å². The molecule has 8 heteroatoms. The number of carbonyl (C=O) groups excluding carboxylic acids is 2. The Kier molecular flexibility index (Phi) is 4.71. The molecule has 0 saturated carbocycles. The van der Waals surface area contributed by atoms with Crippen LogP contribution in [0.3, 0.4) is 0 Å². The number of hydrogen-bond acceptors (Lipinski definition) is 4. The summed E-state index contributed by atoms with van der Waals surface area (Å²) in [5.74, 6) is -3.29. The number of carboxylic acids is 1. The van der Waals surface area contributed by atoms with Crippen molar-refractivity contribution in [3.05, 3.63) is 28.8 Å². The van der Waals surface area contributed by atoms with Crippen molar-refractivity contribution in [3.63, 3.8) is 0 Å². The average molecular weight is 287 g/mol. The van der Waals surface area contributed by atoms with E-state index in [4.69, 9.17) is 22.4 Å². The Morgan fingerprint density at radius 3 is 2.53 bits per heavy atom. The molecular formula is C11H11ClN2O5. The third kappa shape index (κ3) is 4.14. The third-order valence-corrected chi connectivity index (χ3v) is 2.53. The van der Waals surface area contributed by atoms with Crippen molar-refractivity contribution in [2.45, 2.75) is 12.5 Å². The summed E-state index contributed by atoms with van der Waals surface area (Å²) in [6.45, 7) is 0. The third-order valence-electron chi connectivity index (χ3n) is 2.20. The zero-order chi connectivity index (χ0) is 14.6. The lowest BCUT2D eigenvalue weighted by atomic mass is 10.1. The highest BCUT2D eigenvalue weighted by Crippen LogP contribution is 2.21. The van der Waals surface area contributed by atoms with Gasteiger partial charge >= 0.3 is 5.97 Å². The summed E-state index contributed by atoms with van der Waals surface area (Å²) < 4.78 is 0. The van der Waals surface area contributed by atoms with Gasteiger partial charge in [-0.2, -0.15) is 0 Å². The van der Waals surface area contributed by atoms with Gasteiger partial charge in [-0.05, 0) is 18.2 Å². The number of aliphatic carboxylic acids is 1. The lowest BCUT2D eigenvalue weighted by Crippen LogP contribution is -2.43. The summed E-state index contributed by atoms with van der Waals surface area (Å²) in [5, 5.41) is 20.2. The fourth-order valence-corrected chi connectivity index (χ4v) is 1.53. The number of carboxylic acid groups (broad SMARTS) is 1. The number of aromatic hydroxyl groups is 1. The fraction of sp³-hybridized carbons (Fsp3) is 0.182. The van der Waals surface area contributed by atoms with Crippen LogP contribution in [0.15, 0.2) is 18.2 Å². The number of hydrogen-bond donors (Lipinski definition) is 4. The van der Waals surface area contributed by atoms with E-state index in [0.29, 0.717) is 0 Å². The van der Waals surface area contributed by atoms with E-state index >= 15 is 0 Å². The molecule has 1 aromatic carbocycles. The lowest BCUT2D eigenvalue weighted by molar-refractivity contribution is -0.140. The number of nitrogens with two attached hydrogens (primary N) is 1. The Morgan fingerprint density at radius 2 is 2.00 bits per heavy atom. The van der Waals surface area contributed by atoms with Crippen molar-refractivity contribution in [1.82, 2.24) is 5.32 Å². The van der Waals surface area contributed by atoms with E-state index in [1.165, 1.54) is 12.1 Å². The van der Waals surface area contributed by atoms with E-state index in [1.807, 2.05) is 0 Å². The van der Waals surface area contributed by atoms with Crippen LogP contribution in [0.25, 0.3) is 0 Å². The second-order valence-electron chi connectivity index (χ2n) is 3.70. The standard InChI is InChI=1S/C11H11ClN2O5/c12-7-2-1-5(15)3-6(7)10(17)14-8(11(18)19)4-9(13)16/h1-3,8,15H,4H2,(H2,13,16)(H,14,17)(H,18,19)/t8-/m0/s1. The minimum absolute atomic E-state index is 0.0403. The van der Waals surface area contributed by atoms with Crippen LogP contribution in [0.2, 0.25) is 5.02 Å². The number of benzene rings is 1. The molecule has 2 amide bonds. The zero-order valence-corrected chi connectivity index (χ0v) is 10.3. The fourth-order valence-electron chi connectivity index (χ4n) is 1.32. The van der Waals surface area contributed by atoms with E-state index in [0.717, 1.165) is 6.07 Å². The first kappa shape index (κ1) is 14.8. The van der Waals surface area contributed by atoms with Crippen molar-refractivity contribution >= 4 is 29.4 Å². The van der Waals surface area contributed by atoms with Crippen molar-refractivity contribution in [2.75, 3.05) is 0 Å². The Bertz CT molecular complexity index is 532. The van der Waals surface area contributed by atoms with Crippen molar-refractivity contribution in [3.8, 4) is 5.75 Å². The Labute approximate surface area is 113 Å². The second-order valence-corrected chi connectivity index (χ2v) is 4.11. The van der Waals surface area contributed by atoms with Crippen LogP contribution >= 0.6 is 11.6 Å². The topological polar surface area (TPSA) is 130 Å². The minimum Gasteiger partial charge on any atom is -0.508 e. The molecule has 19 heavy (non-hydrogen) atoms. The molecule has 0 spiro atoms. The first-order chi connectivity index (χ1) is 8.81. The molecule has 5 N–H and O–H groups in total. The van der Waals surface area contributed by atoms with Crippen LogP contribution in [0.1, 0.15) is 16.8 Å². The van der Waals surface area contributed by atoms with Crippen LogP contribution in [-0.4, -0.2) is 34.0 Å². The number of carbonyl (C=O) groups is 3. The number of phenolic OH excluding ortho intramolecular Hbond substituents is 1. The molecule has 0 aliphatic heterocycles. The Morgan fingerprint density at radius 1 is 1.37 bits per heavy atom. The molecule has 0 unspecified atom stereocenters. The summed E-state index contributed by atoms with van der Waals surface area (Å²) in [5.41, 5.74) is 4.78. The first-order valence-corrected chi connectivity index (χ1v) is 5.49. The van der Waals surface area contributed by atoms with E-state index < -0.39 is 30.2 Å². The molecule has 0 bridgehead atoms. The maximum atomic E-state index is 11.8. The van der Waals surface area contributed by atoms with E-state index in [9.17, 15) is 19.5 Å². The zero-order valence-electron chi connectivity index (χ0n) is 9.59. The molecule has 0 aliphatic rings. The van der Waals surface area contributed by atoms with Gasteiger partial charge in [0.1, 0.15) is 11.8 Å². The molecule has 1 rings (SSSR count). The largest absolute Gasteiger partial charge is 0.508 e. The molecule has 1 atom stereocenters. The van der Waals surface area contributed by atoms with Gasteiger partial charge in [-0.15, -0.1) is 0 Å². The monoisotopic (exact) mass is 286 g/mol. The van der Waals surface area contributed by atoms with Gasteiger partial charge in [0.05, 0.1) is 17.0 Å². The van der Waals surface area contributed by atoms with Gasteiger partial charge in [0.15, 0.2) is 0 Å². The smallest absolute Gasteiger partial charge is 0.326 e. The van der Waals surface area contributed by atoms with E-state index in [-0.39, 0.29) is 16.3 Å². The van der Waals surface area contributed by atoms with Crippen molar-refractivity contribution in [2.24, 2.45) is 5.73 Å². The molecule has 0 heterocycles. The Balaban J connectivity index is 2.90. The molecule has 0 fully saturated rings. The van der Waals surface area contributed by atoms with Crippen molar-refractivity contribution < 1.29 is 24.6 Å². The van der Waals surface area contributed by atoms with E-state index in [1.54, 1.807) is 0 Å². The summed E-state index contributed by atoms with van der Waals surface area (Å²) >= 11 is 5.75. The lowest BCUT2D eigenvalue weighted by Gasteiger charge is -2.13. The van der Waals surface area contributed by atoms with Gasteiger partial charge in [-0.25, -0.2) is 4.79 Å². The average Bonchev–Trinajstić information content (AvgIpc) is 2.30. The number of primary amides is 1. The number of phenols is 1. The molecule has 1 aromatic rings. The predicted octanol–water partition coefficient (Wildman–Crippen LogP) is 0.104. The van der Waals surface area contributed by atoms with Crippen LogP contribution in [0.5, 0.6) is 5.75 Å². The quantitative estimate of drug-likeness (QED) is 0.610. The van der Waals surface area contributed by atoms with Gasteiger partial charge in [0, 0.05) is 0 Å². The van der Waals surface area contributed by atoms with Gasteiger partial charge in [0.25, 0.3) is 5.91 Å². The number of amides is 2. The normalized spacial score (nSPS) is 11.6. The maximum absolute atomic E-state index is 11.8. The van der Waals surface area contributed by atoms with Gasteiger partial charge in [-0.3, -0.25) is 9.59 Å². The molecular weight excluding hydrogens is 276 g/mol. The Hall–Kier alpha value is -2.28.